The van der Waals surface area contributed by atoms with Crippen LogP contribution in [0.5, 0.6) is 0 Å². The molecule has 0 spiro atoms. The maximum absolute atomic E-state index is 12.4. The van der Waals surface area contributed by atoms with Crippen LogP contribution in [0.1, 0.15) is 13.3 Å². The molecule has 0 saturated carbocycles. The van der Waals surface area contributed by atoms with Gasteiger partial charge in [0, 0.05) is 33.1 Å². The van der Waals surface area contributed by atoms with Gasteiger partial charge < -0.3 is 4.90 Å². The first-order chi connectivity index (χ1) is 9.41. The first kappa shape index (κ1) is 15.1. The van der Waals surface area contributed by atoms with Crippen LogP contribution in [0, 0.1) is 0 Å². The second-order valence-electron chi connectivity index (χ2n) is 4.45. The lowest BCUT2D eigenvalue weighted by atomic mass is 10.4. The Morgan fingerprint density at radius 2 is 1.85 bits per heavy atom. The van der Waals surface area contributed by atoms with E-state index in [0.29, 0.717) is 26.1 Å². The minimum absolute atomic E-state index is 0.00238. The summed E-state index contributed by atoms with van der Waals surface area (Å²) in [4.78, 5) is 20.4. The number of hydrogen-bond acceptors (Lipinski definition) is 5. The van der Waals surface area contributed by atoms with Crippen molar-refractivity contribution in [3.63, 3.8) is 0 Å². The van der Waals surface area contributed by atoms with Gasteiger partial charge in [-0.15, -0.1) is 0 Å². The molecule has 110 valence electrons. The molecule has 0 aliphatic carbocycles. The molecule has 0 radical (unpaired) electrons. The Bertz CT molecular complexity index is 590. The lowest BCUT2D eigenvalue weighted by Gasteiger charge is -2.20. The van der Waals surface area contributed by atoms with Crippen molar-refractivity contribution in [2.75, 3.05) is 26.2 Å². The van der Waals surface area contributed by atoms with Crippen molar-refractivity contribution in [3.05, 3.63) is 17.7 Å². The average Bonchev–Trinajstić information content (AvgIpc) is 2.65. The lowest BCUT2D eigenvalue weighted by Crippen LogP contribution is -2.36. The summed E-state index contributed by atoms with van der Waals surface area (Å²) in [7, 11) is -3.64. The van der Waals surface area contributed by atoms with Gasteiger partial charge in [-0.2, -0.15) is 4.31 Å². The van der Waals surface area contributed by atoms with Gasteiger partial charge in [0.25, 0.3) is 0 Å². The molecule has 1 aromatic rings. The molecule has 1 saturated heterocycles. The third-order valence-corrected chi connectivity index (χ3v) is 5.18. The SMILES string of the molecule is CC(=O)N1CCCN(S(=O)(=O)c2cnc(Cl)nc2)CC1. The number of nitrogens with zero attached hydrogens (tertiary/aromatic N) is 4. The van der Waals surface area contributed by atoms with Gasteiger partial charge in [-0.3, -0.25) is 4.79 Å². The van der Waals surface area contributed by atoms with Crippen LogP contribution in [0.3, 0.4) is 0 Å². The maximum Gasteiger partial charge on any atom is 0.246 e. The van der Waals surface area contributed by atoms with Crippen molar-refractivity contribution in [1.82, 2.24) is 19.2 Å². The number of sulfonamides is 1. The van der Waals surface area contributed by atoms with Gasteiger partial charge >= 0.3 is 0 Å². The highest BCUT2D eigenvalue weighted by atomic mass is 35.5. The largest absolute Gasteiger partial charge is 0.342 e. The minimum Gasteiger partial charge on any atom is -0.342 e. The van der Waals surface area contributed by atoms with Crippen molar-refractivity contribution in [1.29, 1.82) is 0 Å². The van der Waals surface area contributed by atoms with E-state index >= 15 is 0 Å². The fourth-order valence-electron chi connectivity index (χ4n) is 2.03. The van der Waals surface area contributed by atoms with Crippen LogP contribution in [-0.4, -0.2) is 59.7 Å². The molecule has 1 aliphatic heterocycles. The number of carbonyl (C=O) groups is 1. The molecule has 2 heterocycles. The Morgan fingerprint density at radius 1 is 1.20 bits per heavy atom. The van der Waals surface area contributed by atoms with E-state index in [2.05, 4.69) is 9.97 Å². The van der Waals surface area contributed by atoms with Crippen molar-refractivity contribution < 1.29 is 13.2 Å². The summed E-state index contributed by atoms with van der Waals surface area (Å²) in [6.45, 7) is 3.08. The van der Waals surface area contributed by atoms with Crippen LogP contribution in [0.25, 0.3) is 0 Å². The zero-order valence-corrected chi connectivity index (χ0v) is 12.6. The van der Waals surface area contributed by atoms with Gasteiger partial charge in [0.05, 0.1) is 12.4 Å². The van der Waals surface area contributed by atoms with E-state index in [-0.39, 0.29) is 22.6 Å². The van der Waals surface area contributed by atoms with Gasteiger partial charge in [0.2, 0.25) is 21.2 Å². The normalized spacial score (nSPS) is 17.8. The molecular formula is C11H15ClN4O3S. The second-order valence-corrected chi connectivity index (χ2v) is 6.73. The van der Waals surface area contributed by atoms with E-state index in [1.807, 2.05) is 0 Å². The van der Waals surface area contributed by atoms with Gasteiger partial charge in [0.1, 0.15) is 4.90 Å². The van der Waals surface area contributed by atoms with Crippen LogP contribution in [0.15, 0.2) is 17.3 Å². The minimum atomic E-state index is -3.64. The quantitative estimate of drug-likeness (QED) is 0.736. The summed E-state index contributed by atoms with van der Waals surface area (Å²) in [5, 5.41) is 0.00238. The predicted molar refractivity (Wildman–Crippen MR) is 72.7 cm³/mol. The van der Waals surface area contributed by atoms with Gasteiger partial charge in [-0.25, -0.2) is 18.4 Å². The molecule has 2 rings (SSSR count). The van der Waals surface area contributed by atoms with E-state index < -0.39 is 10.0 Å². The van der Waals surface area contributed by atoms with E-state index in [1.165, 1.54) is 23.6 Å². The third-order valence-electron chi connectivity index (χ3n) is 3.13. The van der Waals surface area contributed by atoms with Gasteiger partial charge in [-0.1, -0.05) is 0 Å². The molecule has 1 aliphatic rings. The topological polar surface area (TPSA) is 83.5 Å². The van der Waals surface area contributed by atoms with Gasteiger partial charge in [-0.05, 0) is 18.0 Å². The van der Waals surface area contributed by atoms with Crippen LogP contribution < -0.4 is 0 Å². The van der Waals surface area contributed by atoms with Crippen LogP contribution in [0.4, 0.5) is 0 Å². The summed E-state index contributed by atoms with van der Waals surface area (Å²) >= 11 is 5.55. The number of halogens is 1. The number of aromatic nitrogens is 2. The Morgan fingerprint density at radius 3 is 2.45 bits per heavy atom. The molecule has 0 unspecified atom stereocenters. The van der Waals surface area contributed by atoms with Crippen LogP contribution in [-0.2, 0) is 14.8 Å². The highest BCUT2D eigenvalue weighted by Crippen LogP contribution is 2.17. The molecule has 20 heavy (non-hydrogen) atoms. The van der Waals surface area contributed by atoms with Gasteiger partial charge in [0.15, 0.2) is 0 Å². The Hall–Kier alpha value is -1.25. The van der Waals surface area contributed by atoms with Crippen molar-refractivity contribution in [2.24, 2.45) is 0 Å². The predicted octanol–water partition coefficient (Wildman–Crippen LogP) is 0.373. The number of carbonyl (C=O) groups excluding carboxylic acids is 1. The molecule has 0 bridgehead atoms. The zero-order chi connectivity index (χ0) is 14.8. The summed E-state index contributed by atoms with van der Waals surface area (Å²) in [6.07, 6.45) is 2.99. The molecule has 9 heteroatoms. The van der Waals surface area contributed by atoms with Crippen molar-refractivity contribution in [3.8, 4) is 0 Å². The first-order valence-corrected chi connectivity index (χ1v) is 7.96. The highest BCUT2D eigenvalue weighted by Gasteiger charge is 2.28. The molecule has 0 atom stereocenters. The first-order valence-electron chi connectivity index (χ1n) is 6.14. The fraction of sp³-hybridized carbons (Fsp3) is 0.545. The molecule has 0 aromatic carbocycles. The standard InChI is InChI=1S/C11H15ClN4O3S/c1-9(17)15-3-2-4-16(6-5-15)20(18,19)10-7-13-11(12)14-8-10/h7-8H,2-6H2,1H3. The Balaban J connectivity index is 2.18. The lowest BCUT2D eigenvalue weighted by molar-refractivity contribution is -0.128. The second kappa shape index (κ2) is 6.02. The molecule has 7 nitrogen and oxygen atoms in total. The van der Waals surface area contributed by atoms with Crippen LogP contribution >= 0.6 is 11.6 Å². The summed E-state index contributed by atoms with van der Waals surface area (Å²) < 4.78 is 26.2. The maximum atomic E-state index is 12.4. The number of rotatable bonds is 2. The molecule has 1 amide bonds. The molecular weight excluding hydrogens is 304 g/mol. The zero-order valence-electron chi connectivity index (χ0n) is 11.0. The van der Waals surface area contributed by atoms with E-state index in [4.69, 9.17) is 11.6 Å². The summed E-state index contributed by atoms with van der Waals surface area (Å²) in [5.41, 5.74) is 0. The Labute approximate surface area is 122 Å². The molecule has 0 N–H and O–H groups in total. The smallest absolute Gasteiger partial charge is 0.246 e. The summed E-state index contributed by atoms with van der Waals surface area (Å²) in [6, 6.07) is 0. The summed E-state index contributed by atoms with van der Waals surface area (Å²) in [5.74, 6) is -0.0425. The van der Waals surface area contributed by atoms with Crippen molar-refractivity contribution >= 4 is 27.5 Å². The van der Waals surface area contributed by atoms with E-state index in [9.17, 15) is 13.2 Å². The van der Waals surface area contributed by atoms with E-state index in [0.717, 1.165) is 0 Å². The monoisotopic (exact) mass is 318 g/mol. The number of hydrogen-bond donors (Lipinski definition) is 0. The van der Waals surface area contributed by atoms with Crippen molar-refractivity contribution in [2.45, 2.75) is 18.2 Å². The molecule has 1 fully saturated rings. The fourth-order valence-corrected chi connectivity index (χ4v) is 3.49. The van der Waals surface area contributed by atoms with E-state index in [1.54, 1.807) is 4.90 Å². The van der Waals surface area contributed by atoms with Crippen LogP contribution in [0.2, 0.25) is 5.28 Å². The Kier molecular flexibility index (Phi) is 4.56. The number of amides is 1. The molecule has 1 aromatic heterocycles. The third kappa shape index (κ3) is 3.25. The average molecular weight is 319 g/mol. The highest BCUT2D eigenvalue weighted by molar-refractivity contribution is 7.89.